The fourth-order valence-electron chi connectivity index (χ4n) is 5.25. The van der Waals surface area contributed by atoms with Gasteiger partial charge in [-0.25, -0.2) is 22.5 Å². The highest BCUT2D eigenvalue weighted by molar-refractivity contribution is 7.89. The summed E-state index contributed by atoms with van der Waals surface area (Å²) in [6, 6.07) is 20.9. The number of benzene rings is 3. The number of rotatable bonds is 14. The Labute approximate surface area is 258 Å². The van der Waals surface area contributed by atoms with E-state index in [1.807, 2.05) is 60.7 Å². The Kier molecular flexibility index (Phi) is 12.4. The summed E-state index contributed by atoms with van der Waals surface area (Å²) in [5.41, 5.74) is 14.1. The SMILES string of the molecule is COC(=O)N(CCC(F)C[C@@H](CO)N(C(C)C)S(=O)(=O)c1ccc(N)cc1)C(=O)[C@@H](N)C(c1ccccc1)c1ccccc1. The highest BCUT2D eigenvalue weighted by Gasteiger charge is 2.37. The van der Waals surface area contributed by atoms with Crippen LogP contribution in [0.15, 0.2) is 89.8 Å². The molecule has 1 unspecified atom stereocenters. The van der Waals surface area contributed by atoms with Crippen molar-refractivity contribution in [2.75, 3.05) is 26.0 Å². The molecular formula is C32H41FN4O6S. The number of sulfonamides is 1. The van der Waals surface area contributed by atoms with Gasteiger partial charge in [-0.15, -0.1) is 0 Å². The van der Waals surface area contributed by atoms with Crippen molar-refractivity contribution in [2.45, 2.75) is 61.8 Å². The van der Waals surface area contributed by atoms with Crippen LogP contribution in [-0.4, -0.2) is 79.3 Å². The highest BCUT2D eigenvalue weighted by atomic mass is 32.2. The van der Waals surface area contributed by atoms with E-state index < -0.39 is 58.8 Å². The molecule has 0 aliphatic rings. The van der Waals surface area contributed by atoms with Gasteiger partial charge >= 0.3 is 6.09 Å². The first kappa shape index (κ1) is 34.6. The molecule has 238 valence electrons. The Morgan fingerprint density at radius 2 is 1.45 bits per heavy atom. The van der Waals surface area contributed by atoms with Crippen molar-refractivity contribution >= 4 is 27.7 Å². The van der Waals surface area contributed by atoms with E-state index in [9.17, 15) is 23.1 Å². The van der Waals surface area contributed by atoms with Crippen LogP contribution in [0.2, 0.25) is 0 Å². The first-order chi connectivity index (χ1) is 20.9. The molecule has 0 bridgehead atoms. The van der Waals surface area contributed by atoms with Crippen LogP contribution in [0.5, 0.6) is 0 Å². The fraction of sp³-hybridized carbons (Fsp3) is 0.375. The molecule has 0 saturated carbocycles. The number of amides is 2. The molecule has 44 heavy (non-hydrogen) atoms. The smallest absolute Gasteiger partial charge is 0.416 e. The zero-order chi connectivity index (χ0) is 32.4. The van der Waals surface area contributed by atoms with Crippen molar-refractivity contribution in [1.82, 2.24) is 9.21 Å². The number of nitrogens with two attached hydrogens (primary N) is 2. The van der Waals surface area contributed by atoms with Gasteiger partial charge in [0.05, 0.1) is 30.7 Å². The summed E-state index contributed by atoms with van der Waals surface area (Å²) in [4.78, 5) is 27.1. The van der Waals surface area contributed by atoms with Crippen LogP contribution in [0.3, 0.4) is 0 Å². The molecule has 12 heteroatoms. The molecule has 3 aromatic rings. The lowest BCUT2D eigenvalue weighted by molar-refractivity contribution is -0.131. The molecule has 0 fully saturated rings. The van der Waals surface area contributed by atoms with Gasteiger partial charge < -0.3 is 21.3 Å². The largest absolute Gasteiger partial charge is 0.452 e. The molecule has 3 atom stereocenters. The second-order valence-electron chi connectivity index (χ2n) is 10.7. The standard InChI is InChI=1S/C32H41FN4O6S/c1-22(2)37(44(41,42)28-16-14-26(34)15-17-28)27(21-38)20-25(33)18-19-36(32(40)43-3)31(39)30(35)29(23-10-6-4-7-11-23)24-12-8-5-9-13-24/h4-17,22,25,27,29-30,38H,18-21,34-35H2,1-3H3/t25?,27-,30-/m0/s1. The number of carbonyl (C=O) groups is 2. The number of nitrogens with zero attached hydrogens (tertiary/aromatic N) is 2. The van der Waals surface area contributed by atoms with Crippen molar-refractivity contribution < 1.29 is 32.2 Å². The molecule has 0 aromatic heterocycles. The maximum atomic E-state index is 15.5. The average Bonchev–Trinajstić information content (AvgIpc) is 3.01. The second-order valence-corrected chi connectivity index (χ2v) is 12.6. The molecule has 3 rings (SSSR count). The fourth-order valence-corrected chi connectivity index (χ4v) is 7.07. The number of aliphatic hydroxyl groups excluding tert-OH is 1. The Bertz CT molecular complexity index is 1420. The Morgan fingerprint density at radius 1 is 0.932 bits per heavy atom. The molecule has 0 aliphatic heterocycles. The van der Waals surface area contributed by atoms with Crippen LogP contribution >= 0.6 is 0 Å². The summed E-state index contributed by atoms with van der Waals surface area (Å²) >= 11 is 0. The number of ether oxygens (including phenoxy) is 1. The minimum Gasteiger partial charge on any atom is -0.452 e. The first-order valence-corrected chi connectivity index (χ1v) is 15.7. The Hall–Kier alpha value is -3.84. The minimum absolute atomic E-state index is 0.0444. The molecule has 0 saturated heterocycles. The summed E-state index contributed by atoms with van der Waals surface area (Å²) in [5, 5.41) is 10.1. The molecule has 0 heterocycles. The van der Waals surface area contributed by atoms with Crippen molar-refractivity contribution in [3.63, 3.8) is 0 Å². The van der Waals surface area contributed by atoms with E-state index in [1.54, 1.807) is 13.8 Å². The van der Waals surface area contributed by atoms with Gasteiger partial charge in [-0.05, 0) is 62.1 Å². The number of halogens is 1. The zero-order valence-electron chi connectivity index (χ0n) is 25.1. The van der Waals surface area contributed by atoms with Crippen molar-refractivity contribution in [3.05, 3.63) is 96.1 Å². The topological polar surface area (TPSA) is 156 Å². The number of methoxy groups -OCH3 is 1. The minimum atomic E-state index is -4.11. The molecule has 0 radical (unpaired) electrons. The number of imide groups is 1. The second kappa shape index (κ2) is 15.8. The number of alkyl halides is 1. The number of carbonyl (C=O) groups excluding carboxylic acids is 2. The van der Waals surface area contributed by atoms with Gasteiger partial charge in [0, 0.05) is 24.2 Å². The van der Waals surface area contributed by atoms with Gasteiger partial charge in [0.1, 0.15) is 6.17 Å². The number of hydrogen-bond donors (Lipinski definition) is 3. The Balaban J connectivity index is 1.79. The molecular weight excluding hydrogens is 587 g/mol. The van der Waals surface area contributed by atoms with Crippen molar-refractivity contribution in [1.29, 1.82) is 0 Å². The van der Waals surface area contributed by atoms with Gasteiger partial charge in [-0.3, -0.25) is 4.79 Å². The van der Waals surface area contributed by atoms with E-state index >= 15 is 4.39 Å². The van der Waals surface area contributed by atoms with Gasteiger partial charge in [-0.1, -0.05) is 60.7 Å². The van der Waals surface area contributed by atoms with Gasteiger partial charge in [-0.2, -0.15) is 4.31 Å². The zero-order valence-corrected chi connectivity index (χ0v) is 25.9. The quantitative estimate of drug-likeness (QED) is 0.227. The van der Waals surface area contributed by atoms with Gasteiger partial charge in [0.15, 0.2) is 0 Å². The number of anilines is 1. The number of nitrogen functional groups attached to an aromatic ring is 1. The molecule has 2 amide bonds. The van der Waals surface area contributed by atoms with Crippen LogP contribution in [0.1, 0.15) is 43.7 Å². The van der Waals surface area contributed by atoms with Crippen LogP contribution in [-0.2, 0) is 19.6 Å². The van der Waals surface area contributed by atoms with E-state index in [0.717, 1.165) is 27.4 Å². The third kappa shape index (κ3) is 8.41. The lowest BCUT2D eigenvalue weighted by Gasteiger charge is -2.34. The van der Waals surface area contributed by atoms with E-state index in [1.165, 1.54) is 24.3 Å². The molecule has 5 N–H and O–H groups in total. The van der Waals surface area contributed by atoms with E-state index in [2.05, 4.69) is 0 Å². The van der Waals surface area contributed by atoms with Gasteiger partial charge in [0.25, 0.3) is 0 Å². The van der Waals surface area contributed by atoms with Gasteiger partial charge in [0.2, 0.25) is 15.9 Å². The van der Waals surface area contributed by atoms with Crippen LogP contribution < -0.4 is 11.5 Å². The lowest BCUT2D eigenvalue weighted by atomic mass is 9.85. The summed E-state index contributed by atoms with van der Waals surface area (Å²) in [7, 11) is -3.01. The molecule has 10 nitrogen and oxygen atoms in total. The first-order valence-electron chi connectivity index (χ1n) is 14.3. The summed E-state index contributed by atoms with van der Waals surface area (Å²) in [6.07, 6.45) is -3.40. The predicted molar refractivity (Wildman–Crippen MR) is 167 cm³/mol. The summed E-state index contributed by atoms with van der Waals surface area (Å²) in [5.74, 6) is -1.36. The monoisotopic (exact) mass is 628 g/mol. The molecule has 3 aromatic carbocycles. The van der Waals surface area contributed by atoms with E-state index in [4.69, 9.17) is 16.2 Å². The molecule has 0 spiro atoms. The van der Waals surface area contributed by atoms with E-state index in [-0.39, 0.29) is 24.3 Å². The maximum absolute atomic E-state index is 15.5. The summed E-state index contributed by atoms with van der Waals surface area (Å²) < 4.78 is 48.3. The predicted octanol–water partition coefficient (Wildman–Crippen LogP) is 3.90. The lowest BCUT2D eigenvalue weighted by Crippen LogP contribution is -2.50. The average molecular weight is 629 g/mol. The molecule has 0 aliphatic carbocycles. The normalized spacial score (nSPS) is 13.9. The van der Waals surface area contributed by atoms with Crippen molar-refractivity contribution in [2.24, 2.45) is 5.73 Å². The third-order valence-corrected chi connectivity index (χ3v) is 9.49. The van der Waals surface area contributed by atoms with Crippen LogP contribution in [0.4, 0.5) is 14.9 Å². The highest BCUT2D eigenvalue weighted by Crippen LogP contribution is 2.29. The van der Waals surface area contributed by atoms with Crippen molar-refractivity contribution in [3.8, 4) is 0 Å². The van der Waals surface area contributed by atoms with E-state index in [0.29, 0.717) is 5.69 Å². The summed E-state index contributed by atoms with van der Waals surface area (Å²) in [6.45, 7) is 2.23. The van der Waals surface area contributed by atoms with Crippen LogP contribution in [0, 0.1) is 0 Å². The number of aliphatic hydroxyl groups is 1. The maximum Gasteiger partial charge on any atom is 0.416 e. The van der Waals surface area contributed by atoms with Crippen LogP contribution in [0.25, 0.3) is 0 Å². The number of hydrogen-bond acceptors (Lipinski definition) is 8. The third-order valence-electron chi connectivity index (χ3n) is 7.35. The Morgan fingerprint density at radius 3 is 1.91 bits per heavy atom.